The summed E-state index contributed by atoms with van der Waals surface area (Å²) in [6.45, 7) is 2.25. The highest BCUT2D eigenvalue weighted by atomic mass is 32.1. The topological polar surface area (TPSA) is 54.0 Å². The van der Waals surface area contributed by atoms with Crippen LogP contribution < -0.4 is 10.6 Å². The number of benzene rings is 2. The first-order valence-corrected chi connectivity index (χ1v) is 7.48. The first kappa shape index (κ1) is 13.6. The van der Waals surface area contributed by atoms with Crippen molar-refractivity contribution in [2.75, 3.05) is 10.6 Å². The lowest BCUT2D eigenvalue weighted by atomic mass is 10.2. The van der Waals surface area contributed by atoms with Crippen molar-refractivity contribution in [3.63, 3.8) is 0 Å². The second kappa shape index (κ2) is 5.93. The van der Waals surface area contributed by atoms with E-state index in [0.29, 0.717) is 0 Å². The van der Waals surface area contributed by atoms with E-state index < -0.39 is 0 Å². The Labute approximate surface area is 126 Å². The molecule has 0 saturated carbocycles. The number of nitrogens with one attached hydrogen (secondary N) is 2. The van der Waals surface area contributed by atoms with Crippen molar-refractivity contribution in [2.45, 2.75) is 13.5 Å². The van der Waals surface area contributed by atoms with E-state index >= 15 is 0 Å². The van der Waals surface area contributed by atoms with Crippen LogP contribution in [0.25, 0.3) is 10.2 Å². The average Bonchev–Trinajstić information content (AvgIpc) is 2.88. The SMILES string of the molecule is CC(=O)Nc1ccc2nc(NCc3ccccc3)sc2c1. The number of rotatable bonds is 4. The number of carbonyl (C=O) groups is 1. The Morgan fingerprint density at radius 3 is 2.76 bits per heavy atom. The van der Waals surface area contributed by atoms with Crippen LogP contribution in [0.3, 0.4) is 0 Å². The van der Waals surface area contributed by atoms with Gasteiger partial charge in [-0.3, -0.25) is 4.79 Å². The van der Waals surface area contributed by atoms with E-state index in [1.54, 1.807) is 11.3 Å². The number of nitrogens with zero attached hydrogens (tertiary/aromatic N) is 1. The Hall–Kier alpha value is -2.40. The van der Waals surface area contributed by atoms with E-state index in [-0.39, 0.29) is 5.91 Å². The minimum Gasteiger partial charge on any atom is -0.357 e. The fourth-order valence-corrected chi connectivity index (χ4v) is 2.96. The van der Waals surface area contributed by atoms with Gasteiger partial charge in [0.1, 0.15) is 0 Å². The van der Waals surface area contributed by atoms with Gasteiger partial charge in [-0.15, -0.1) is 0 Å². The molecule has 0 bridgehead atoms. The molecule has 3 rings (SSSR count). The van der Waals surface area contributed by atoms with E-state index in [0.717, 1.165) is 27.6 Å². The molecule has 5 heteroatoms. The number of thiazole rings is 1. The maximum absolute atomic E-state index is 11.1. The molecule has 0 atom stereocenters. The van der Waals surface area contributed by atoms with E-state index in [9.17, 15) is 4.79 Å². The summed E-state index contributed by atoms with van der Waals surface area (Å²) in [7, 11) is 0. The zero-order valence-corrected chi connectivity index (χ0v) is 12.4. The van der Waals surface area contributed by atoms with Gasteiger partial charge in [0, 0.05) is 19.2 Å². The van der Waals surface area contributed by atoms with Crippen LogP contribution in [0, 0.1) is 0 Å². The highest BCUT2D eigenvalue weighted by Gasteiger charge is 2.05. The van der Waals surface area contributed by atoms with E-state index in [1.807, 2.05) is 36.4 Å². The molecular formula is C16H15N3OS. The zero-order valence-electron chi connectivity index (χ0n) is 11.6. The third kappa shape index (κ3) is 3.38. The Morgan fingerprint density at radius 1 is 1.19 bits per heavy atom. The number of amides is 1. The highest BCUT2D eigenvalue weighted by molar-refractivity contribution is 7.22. The minimum atomic E-state index is -0.0682. The molecule has 1 aromatic heterocycles. The largest absolute Gasteiger partial charge is 0.357 e. The summed E-state index contributed by atoms with van der Waals surface area (Å²) < 4.78 is 1.05. The Kier molecular flexibility index (Phi) is 3.83. The lowest BCUT2D eigenvalue weighted by Crippen LogP contribution is -2.05. The molecule has 4 nitrogen and oxygen atoms in total. The molecule has 0 spiro atoms. The van der Waals surface area contributed by atoms with Crippen molar-refractivity contribution >= 4 is 38.3 Å². The van der Waals surface area contributed by atoms with E-state index in [1.165, 1.54) is 12.5 Å². The van der Waals surface area contributed by atoms with Crippen molar-refractivity contribution in [1.29, 1.82) is 0 Å². The summed E-state index contributed by atoms with van der Waals surface area (Å²) in [5.74, 6) is -0.0682. The Bertz CT molecular complexity index is 768. The van der Waals surface area contributed by atoms with Gasteiger partial charge in [-0.05, 0) is 23.8 Å². The second-order valence-corrected chi connectivity index (χ2v) is 5.75. The van der Waals surface area contributed by atoms with Gasteiger partial charge in [-0.25, -0.2) is 4.98 Å². The predicted octanol–water partition coefficient (Wildman–Crippen LogP) is 3.87. The molecule has 0 unspecified atom stereocenters. The summed E-state index contributed by atoms with van der Waals surface area (Å²) >= 11 is 1.58. The van der Waals surface area contributed by atoms with Gasteiger partial charge in [0.15, 0.2) is 5.13 Å². The quantitative estimate of drug-likeness (QED) is 0.768. The summed E-state index contributed by atoms with van der Waals surface area (Å²) in [4.78, 5) is 15.6. The van der Waals surface area contributed by atoms with Crippen LogP contribution in [0.2, 0.25) is 0 Å². The van der Waals surface area contributed by atoms with Crippen LogP contribution in [-0.4, -0.2) is 10.9 Å². The third-order valence-corrected chi connectivity index (χ3v) is 3.97. The number of hydrogen-bond donors (Lipinski definition) is 2. The lowest BCUT2D eigenvalue weighted by Gasteiger charge is -2.01. The number of fused-ring (bicyclic) bond motifs is 1. The Morgan fingerprint density at radius 2 is 2.00 bits per heavy atom. The summed E-state index contributed by atoms with van der Waals surface area (Å²) in [6.07, 6.45) is 0. The molecule has 0 saturated heterocycles. The molecule has 0 fully saturated rings. The molecule has 1 amide bonds. The molecule has 0 aliphatic heterocycles. The molecule has 2 N–H and O–H groups in total. The van der Waals surface area contributed by atoms with Gasteiger partial charge in [0.05, 0.1) is 10.2 Å². The standard InChI is InChI=1S/C16H15N3OS/c1-11(20)18-13-7-8-14-15(9-13)21-16(19-14)17-10-12-5-3-2-4-6-12/h2-9H,10H2,1H3,(H,17,19)(H,18,20). The van der Waals surface area contributed by atoms with Gasteiger partial charge in [-0.1, -0.05) is 41.7 Å². The molecular weight excluding hydrogens is 282 g/mol. The van der Waals surface area contributed by atoms with Crippen molar-refractivity contribution in [1.82, 2.24) is 4.98 Å². The van der Waals surface area contributed by atoms with E-state index in [2.05, 4.69) is 27.8 Å². The molecule has 2 aromatic carbocycles. The first-order valence-electron chi connectivity index (χ1n) is 6.67. The lowest BCUT2D eigenvalue weighted by molar-refractivity contribution is -0.114. The van der Waals surface area contributed by atoms with E-state index in [4.69, 9.17) is 0 Å². The molecule has 0 aliphatic carbocycles. The summed E-state index contributed by atoms with van der Waals surface area (Å²) in [5, 5.41) is 7.00. The average molecular weight is 297 g/mol. The third-order valence-electron chi connectivity index (χ3n) is 3.00. The van der Waals surface area contributed by atoms with Gasteiger partial charge in [0.25, 0.3) is 0 Å². The van der Waals surface area contributed by atoms with Crippen LogP contribution in [0.4, 0.5) is 10.8 Å². The maximum atomic E-state index is 11.1. The van der Waals surface area contributed by atoms with Crippen molar-refractivity contribution in [3.8, 4) is 0 Å². The van der Waals surface area contributed by atoms with Gasteiger partial charge < -0.3 is 10.6 Å². The fourth-order valence-electron chi connectivity index (χ4n) is 2.05. The van der Waals surface area contributed by atoms with Crippen molar-refractivity contribution in [3.05, 3.63) is 54.1 Å². The van der Waals surface area contributed by atoms with Crippen molar-refractivity contribution < 1.29 is 4.79 Å². The van der Waals surface area contributed by atoms with Crippen LogP contribution in [0.1, 0.15) is 12.5 Å². The molecule has 3 aromatic rings. The highest BCUT2D eigenvalue weighted by Crippen LogP contribution is 2.28. The number of anilines is 2. The zero-order chi connectivity index (χ0) is 14.7. The second-order valence-electron chi connectivity index (χ2n) is 4.72. The smallest absolute Gasteiger partial charge is 0.221 e. The summed E-state index contributed by atoms with van der Waals surface area (Å²) in [6, 6.07) is 15.9. The van der Waals surface area contributed by atoms with Crippen LogP contribution in [-0.2, 0) is 11.3 Å². The van der Waals surface area contributed by atoms with Crippen LogP contribution in [0.15, 0.2) is 48.5 Å². The molecule has 1 heterocycles. The van der Waals surface area contributed by atoms with Crippen LogP contribution >= 0.6 is 11.3 Å². The molecule has 21 heavy (non-hydrogen) atoms. The molecule has 0 aliphatic rings. The number of carbonyl (C=O) groups excluding carboxylic acids is 1. The van der Waals surface area contributed by atoms with Crippen LogP contribution in [0.5, 0.6) is 0 Å². The molecule has 106 valence electrons. The maximum Gasteiger partial charge on any atom is 0.221 e. The number of hydrogen-bond acceptors (Lipinski definition) is 4. The predicted molar refractivity (Wildman–Crippen MR) is 87.7 cm³/mol. The minimum absolute atomic E-state index is 0.0682. The Balaban J connectivity index is 1.76. The summed E-state index contributed by atoms with van der Waals surface area (Å²) in [5.41, 5.74) is 2.95. The van der Waals surface area contributed by atoms with Gasteiger partial charge in [0.2, 0.25) is 5.91 Å². The fraction of sp³-hybridized carbons (Fsp3) is 0.125. The molecule has 0 radical (unpaired) electrons. The van der Waals surface area contributed by atoms with Crippen molar-refractivity contribution in [2.24, 2.45) is 0 Å². The van der Waals surface area contributed by atoms with Gasteiger partial charge in [-0.2, -0.15) is 0 Å². The number of aromatic nitrogens is 1. The monoisotopic (exact) mass is 297 g/mol. The normalized spacial score (nSPS) is 10.5. The first-order chi connectivity index (χ1) is 10.2. The van der Waals surface area contributed by atoms with Gasteiger partial charge >= 0.3 is 0 Å².